The summed E-state index contributed by atoms with van der Waals surface area (Å²) >= 11 is 0. The lowest BCUT2D eigenvalue weighted by Gasteiger charge is -2.30. The first kappa shape index (κ1) is 19.2. The number of likely N-dealkylation sites (tertiary alicyclic amines) is 1. The Hall–Kier alpha value is -2.60. The van der Waals surface area contributed by atoms with Crippen LogP contribution in [0.2, 0.25) is 0 Å². The molecule has 2 aromatic rings. The van der Waals surface area contributed by atoms with Crippen LogP contribution in [0, 0.1) is 5.92 Å². The van der Waals surface area contributed by atoms with Gasteiger partial charge in [0.05, 0.1) is 12.9 Å². The van der Waals surface area contributed by atoms with Gasteiger partial charge in [-0.05, 0) is 37.0 Å². The number of hydrogen-bond donors (Lipinski definition) is 1. The van der Waals surface area contributed by atoms with Crippen molar-refractivity contribution in [2.75, 3.05) is 26.2 Å². The normalized spacial score (nSPS) is 14.9. The highest BCUT2D eigenvalue weighted by molar-refractivity contribution is 5.91. The molecule has 27 heavy (non-hydrogen) atoms. The number of furan rings is 1. The highest BCUT2D eigenvalue weighted by atomic mass is 16.5. The van der Waals surface area contributed by atoms with Crippen LogP contribution < -0.4 is 5.32 Å². The molecule has 0 aliphatic carbocycles. The number of carbonyl (C=O) groups is 2. The van der Waals surface area contributed by atoms with Crippen LogP contribution in [0.25, 0.3) is 0 Å². The molecule has 2 amide bonds. The Kier molecular flexibility index (Phi) is 7.04. The summed E-state index contributed by atoms with van der Waals surface area (Å²) < 4.78 is 10.8. The lowest BCUT2D eigenvalue weighted by atomic mass is 9.95. The maximum atomic E-state index is 12.3. The van der Waals surface area contributed by atoms with E-state index < -0.39 is 0 Å². The Morgan fingerprint density at radius 1 is 1.11 bits per heavy atom. The van der Waals surface area contributed by atoms with E-state index in [9.17, 15) is 9.59 Å². The first-order valence-electron chi connectivity index (χ1n) is 9.46. The van der Waals surface area contributed by atoms with Crippen LogP contribution in [0.4, 0.5) is 0 Å². The second-order valence-corrected chi connectivity index (χ2v) is 6.73. The Labute approximate surface area is 159 Å². The lowest BCUT2D eigenvalue weighted by molar-refractivity contribution is -0.126. The van der Waals surface area contributed by atoms with Crippen molar-refractivity contribution in [2.24, 2.45) is 5.92 Å². The third kappa shape index (κ3) is 5.69. The highest BCUT2D eigenvalue weighted by Crippen LogP contribution is 2.19. The second-order valence-electron chi connectivity index (χ2n) is 6.73. The Morgan fingerprint density at radius 2 is 1.89 bits per heavy atom. The van der Waals surface area contributed by atoms with Crippen molar-refractivity contribution in [1.82, 2.24) is 10.2 Å². The molecule has 144 valence electrons. The average molecular weight is 370 g/mol. The second kappa shape index (κ2) is 9.92. The summed E-state index contributed by atoms with van der Waals surface area (Å²) in [7, 11) is 0. The highest BCUT2D eigenvalue weighted by Gasteiger charge is 2.28. The topological polar surface area (TPSA) is 71.8 Å². The lowest BCUT2D eigenvalue weighted by Crippen LogP contribution is -2.43. The summed E-state index contributed by atoms with van der Waals surface area (Å²) in [5.41, 5.74) is 1.15. The molecule has 1 aromatic heterocycles. The maximum Gasteiger partial charge on any atom is 0.289 e. The summed E-state index contributed by atoms with van der Waals surface area (Å²) in [5.74, 6) is 0.293. The maximum absolute atomic E-state index is 12.3. The van der Waals surface area contributed by atoms with Crippen LogP contribution in [0.1, 0.15) is 35.4 Å². The number of amides is 2. The smallest absolute Gasteiger partial charge is 0.289 e. The van der Waals surface area contributed by atoms with Crippen LogP contribution >= 0.6 is 0 Å². The molecular weight excluding hydrogens is 344 g/mol. The van der Waals surface area contributed by atoms with Gasteiger partial charge in [-0.15, -0.1) is 0 Å². The third-order valence-electron chi connectivity index (χ3n) is 4.76. The van der Waals surface area contributed by atoms with E-state index in [-0.39, 0.29) is 17.7 Å². The standard InChI is InChI=1S/C21H26N2O4/c24-20(22-11-5-14-26-16-17-6-2-1-3-7-17)18-9-12-23(13-10-18)21(25)19-8-4-15-27-19/h1-4,6-8,15,18H,5,9-14,16H2,(H,22,24). The quantitative estimate of drug-likeness (QED) is 0.726. The molecule has 2 heterocycles. The molecule has 1 fully saturated rings. The molecule has 1 N–H and O–H groups in total. The zero-order valence-corrected chi connectivity index (χ0v) is 15.4. The number of carbonyl (C=O) groups excluding carboxylic acids is 2. The molecule has 3 rings (SSSR count). The fourth-order valence-electron chi connectivity index (χ4n) is 3.20. The molecule has 1 aromatic carbocycles. The third-order valence-corrected chi connectivity index (χ3v) is 4.76. The van der Waals surface area contributed by atoms with Crippen LogP contribution in [0.3, 0.4) is 0 Å². The molecule has 0 atom stereocenters. The van der Waals surface area contributed by atoms with E-state index in [0.717, 1.165) is 12.0 Å². The van der Waals surface area contributed by atoms with Gasteiger partial charge in [-0.2, -0.15) is 0 Å². The number of piperidine rings is 1. The van der Waals surface area contributed by atoms with Crippen LogP contribution in [0.15, 0.2) is 53.1 Å². The van der Waals surface area contributed by atoms with Gasteiger partial charge in [0, 0.05) is 32.2 Å². The average Bonchev–Trinajstić information content (AvgIpc) is 3.25. The van der Waals surface area contributed by atoms with Crippen molar-refractivity contribution in [3.63, 3.8) is 0 Å². The minimum atomic E-state index is -0.102. The molecule has 0 unspecified atom stereocenters. The van der Waals surface area contributed by atoms with Gasteiger partial charge in [0.15, 0.2) is 5.76 Å². The SMILES string of the molecule is O=C(NCCCOCc1ccccc1)C1CCN(C(=O)c2ccco2)CC1. The molecule has 0 bridgehead atoms. The number of nitrogens with zero attached hydrogens (tertiary/aromatic N) is 1. The van der Waals surface area contributed by atoms with Gasteiger partial charge in [0.25, 0.3) is 5.91 Å². The van der Waals surface area contributed by atoms with Crippen LogP contribution in [-0.4, -0.2) is 43.0 Å². The molecule has 0 radical (unpaired) electrons. The number of rotatable bonds is 8. The molecular formula is C21H26N2O4. The predicted octanol–water partition coefficient (Wildman–Crippen LogP) is 2.85. The van der Waals surface area contributed by atoms with Gasteiger partial charge in [-0.3, -0.25) is 9.59 Å². The fourth-order valence-corrected chi connectivity index (χ4v) is 3.20. The zero-order valence-electron chi connectivity index (χ0n) is 15.4. The molecule has 1 saturated heterocycles. The summed E-state index contributed by atoms with van der Waals surface area (Å²) in [5, 5.41) is 2.98. The molecule has 1 aliphatic heterocycles. The predicted molar refractivity (Wildman–Crippen MR) is 101 cm³/mol. The molecule has 0 saturated carbocycles. The molecule has 6 heteroatoms. The largest absolute Gasteiger partial charge is 0.459 e. The number of ether oxygens (including phenoxy) is 1. The summed E-state index contributed by atoms with van der Waals surface area (Å²) in [6.07, 6.45) is 3.65. The summed E-state index contributed by atoms with van der Waals surface area (Å²) in [4.78, 5) is 26.3. The van der Waals surface area contributed by atoms with Gasteiger partial charge < -0.3 is 19.4 Å². The van der Waals surface area contributed by atoms with E-state index in [1.54, 1.807) is 17.0 Å². The van der Waals surface area contributed by atoms with Gasteiger partial charge in [0.2, 0.25) is 5.91 Å². The van der Waals surface area contributed by atoms with E-state index in [2.05, 4.69) is 5.32 Å². The Bertz CT molecular complexity index is 707. The van der Waals surface area contributed by atoms with Gasteiger partial charge in [0.1, 0.15) is 0 Å². The summed E-state index contributed by atoms with van der Waals surface area (Å²) in [6, 6.07) is 13.4. The first-order chi connectivity index (χ1) is 13.2. The first-order valence-corrected chi connectivity index (χ1v) is 9.46. The van der Waals surface area contributed by atoms with E-state index >= 15 is 0 Å². The van der Waals surface area contributed by atoms with Gasteiger partial charge in [-0.25, -0.2) is 0 Å². The zero-order chi connectivity index (χ0) is 18.9. The van der Waals surface area contributed by atoms with Gasteiger partial charge >= 0.3 is 0 Å². The van der Waals surface area contributed by atoms with E-state index in [0.29, 0.717) is 51.4 Å². The fraction of sp³-hybridized carbons (Fsp3) is 0.429. The Balaban J connectivity index is 1.28. The molecule has 0 spiro atoms. The van der Waals surface area contributed by atoms with Crippen molar-refractivity contribution in [2.45, 2.75) is 25.9 Å². The van der Waals surface area contributed by atoms with E-state index in [1.165, 1.54) is 6.26 Å². The van der Waals surface area contributed by atoms with Crippen LogP contribution in [-0.2, 0) is 16.1 Å². The molecule has 1 aliphatic rings. The minimum Gasteiger partial charge on any atom is -0.459 e. The minimum absolute atomic E-state index is 0.0316. The van der Waals surface area contributed by atoms with Crippen molar-refractivity contribution in [3.8, 4) is 0 Å². The van der Waals surface area contributed by atoms with Crippen molar-refractivity contribution in [1.29, 1.82) is 0 Å². The van der Waals surface area contributed by atoms with E-state index in [1.807, 2.05) is 30.3 Å². The van der Waals surface area contributed by atoms with Crippen molar-refractivity contribution < 1.29 is 18.7 Å². The summed E-state index contributed by atoms with van der Waals surface area (Å²) in [6.45, 7) is 2.98. The van der Waals surface area contributed by atoms with Gasteiger partial charge in [-0.1, -0.05) is 30.3 Å². The van der Waals surface area contributed by atoms with E-state index in [4.69, 9.17) is 9.15 Å². The monoisotopic (exact) mass is 370 g/mol. The van der Waals surface area contributed by atoms with Crippen molar-refractivity contribution >= 4 is 11.8 Å². The number of benzene rings is 1. The number of nitrogens with one attached hydrogen (secondary N) is 1. The van der Waals surface area contributed by atoms with Crippen LogP contribution in [0.5, 0.6) is 0 Å². The van der Waals surface area contributed by atoms with Crippen molar-refractivity contribution in [3.05, 3.63) is 60.1 Å². The molecule has 6 nitrogen and oxygen atoms in total. The Morgan fingerprint density at radius 3 is 2.59 bits per heavy atom. The number of hydrogen-bond acceptors (Lipinski definition) is 4.